The number of rotatable bonds is 2. The average molecular weight is 331 g/mol. The molecule has 88 valence electrons. The molecule has 0 aliphatic heterocycles. The Morgan fingerprint density at radius 3 is 2.82 bits per heavy atom. The summed E-state index contributed by atoms with van der Waals surface area (Å²) in [6.07, 6.45) is 0. The number of anilines is 1. The van der Waals surface area contributed by atoms with E-state index in [9.17, 15) is 4.79 Å². The van der Waals surface area contributed by atoms with Crippen LogP contribution in [0.3, 0.4) is 0 Å². The lowest BCUT2D eigenvalue weighted by Gasteiger charge is -2.10. The summed E-state index contributed by atoms with van der Waals surface area (Å²) in [5.41, 5.74) is 2.23. The fourth-order valence-corrected chi connectivity index (χ4v) is 3.09. The minimum atomic E-state index is -0.140. The highest BCUT2D eigenvalue weighted by Crippen LogP contribution is 2.30. The van der Waals surface area contributed by atoms with Gasteiger partial charge in [-0.05, 0) is 36.1 Å². The summed E-state index contributed by atoms with van der Waals surface area (Å²) >= 11 is 10.9. The molecule has 0 aliphatic rings. The Balaban J connectivity index is 2.28. The number of carbonyl (C=O) groups excluding carboxylic acids is 1. The van der Waals surface area contributed by atoms with Crippen LogP contribution in [0.5, 0.6) is 0 Å². The molecule has 5 heteroatoms. The van der Waals surface area contributed by atoms with E-state index >= 15 is 0 Å². The maximum atomic E-state index is 11.9. The molecule has 1 aromatic carbocycles. The zero-order valence-corrected chi connectivity index (χ0v) is 12.1. The van der Waals surface area contributed by atoms with Crippen molar-refractivity contribution in [2.75, 3.05) is 5.32 Å². The van der Waals surface area contributed by atoms with Gasteiger partial charge in [-0.3, -0.25) is 4.79 Å². The van der Waals surface area contributed by atoms with E-state index in [1.807, 2.05) is 18.4 Å². The molecule has 0 radical (unpaired) electrons. The number of hydrogen-bond donors (Lipinski definition) is 1. The molecule has 1 heterocycles. The highest BCUT2D eigenvalue weighted by Gasteiger charge is 2.11. The second-order valence-corrected chi connectivity index (χ2v) is 5.65. The molecule has 0 bridgehead atoms. The van der Waals surface area contributed by atoms with Gasteiger partial charge in [0, 0.05) is 9.85 Å². The fourth-order valence-electron chi connectivity index (χ4n) is 1.44. The van der Waals surface area contributed by atoms with Gasteiger partial charge in [-0.25, -0.2) is 0 Å². The maximum Gasteiger partial charge on any atom is 0.256 e. The molecule has 0 atom stereocenters. The number of thiophene rings is 1. The molecule has 0 fully saturated rings. The number of halogens is 2. The average Bonchev–Trinajstić information content (AvgIpc) is 2.76. The van der Waals surface area contributed by atoms with Gasteiger partial charge in [0.05, 0.1) is 16.3 Å². The van der Waals surface area contributed by atoms with E-state index in [0.29, 0.717) is 16.3 Å². The van der Waals surface area contributed by atoms with Crippen LogP contribution in [-0.4, -0.2) is 5.91 Å². The highest BCUT2D eigenvalue weighted by atomic mass is 79.9. The van der Waals surface area contributed by atoms with Crippen LogP contribution in [-0.2, 0) is 0 Å². The van der Waals surface area contributed by atoms with E-state index in [4.69, 9.17) is 11.6 Å². The molecular formula is C12H9BrClNOS. The minimum absolute atomic E-state index is 0.140. The van der Waals surface area contributed by atoms with E-state index in [2.05, 4.69) is 21.2 Å². The van der Waals surface area contributed by atoms with E-state index in [1.54, 1.807) is 17.5 Å². The summed E-state index contributed by atoms with van der Waals surface area (Å²) in [5.74, 6) is -0.140. The maximum absolute atomic E-state index is 11.9. The lowest BCUT2D eigenvalue weighted by molar-refractivity contribution is 0.102. The molecule has 0 saturated heterocycles. The van der Waals surface area contributed by atoms with Crippen molar-refractivity contribution in [1.82, 2.24) is 0 Å². The molecular weight excluding hydrogens is 322 g/mol. The molecule has 0 unspecified atom stereocenters. The number of amides is 1. The van der Waals surface area contributed by atoms with E-state index in [1.165, 1.54) is 11.3 Å². The van der Waals surface area contributed by atoms with Crippen LogP contribution >= 0.6 is 38.9 Å². The summed E-state index contributed by atoms with van der Waals surface area (Å²) in [6, 6.07) is 5.45. The molecule has 2 aromatic rings. The van der Waals surface area contributed by atoms with Crippen molar-refractivity contribution in [3.05, 3.63) is 49.6 Å². The Morgan fingerprint density at radius 2 is 2.24 bits per heavy atom. The first-order valence-electron chi connectivity index (χ1n) is 4.87. The number of aryl methyl sites for hydroxylation is 1. The molecule has 1 aromatic heterocycles. The quantitative estimate of drug-likeness (QED) is 0.847. The SMILES string of the molecule is Cc1cc(Br)cc(Cl)c1NC(=O)c1ccsc1. The van der Waals surface area contributed by atoms with Crippen molar-refractivity contribution >= 4 is 50.5 Å². The molecule has 17 heavy (non-hydrogen) atoms. The lowest BCUT2D eigenvalue weighted by atomic mass is 10.2. The number of carbonyl (C=O) groups is 1. The molecule has 2 rings (SSSR count). The van der Waals surface area contributed by atoms with E-state index in [0.717, 1.165) is 10.0 Å². The predicted molar refractivity (Wildman–Crippen MR) is 76.2 cm³/mol. The Bertz CT molecular complexity index is 531. The summed E-state index contributed by atoms with van der Waals surface area (Å²) < 4.78 is 0.897. The first-order chi connectivity index (χ1) is 8.08. The van der Waals surface area contributed by atoms with Crippen LogP contribution in [0.4, 0.5) is 5.69 Å². The van der Waals surface area contributed by atoms with Crippen LogP contribution in [0, 0.1) is 6.92 Å². The number of nitrogens with one attached hydrogen (secondary N) is 1. The zero-order valence-electron chi connectivity index (χ0n) is 8.96. The summed E-state index contributed by atoms with van der Waals surface area (Å²) in [4.78, 5) is 11.9. The van der Waals surface area contributed by atoms with Crippen molar-refractivity contribution in [2.24, 2.45) is 0 Å². The molecule has 0 aliphatic carbocycles. The third-order valence-corrected chi connectivity index (χ3v) is 3.71. The lowest BCUT2D eigenvalue weighted by Crippen LogP contribution is -2.12. The fraction of sp³-hybridized carbons (Fsp3) is 0.0833. The van der Waals surface area contributed by atoms with Crippen LogP contribution in [0.1, 0.15) is 15.9 Å². The summed E-state index contributed by atoms with van der Waals surface area (Å²) in [5, 5.41) is 7.02. The molecule has 0 spiro atoms. The van der Waals surface area contributed by atoms with E-state index < -0.39 is 0 Å². The van der Waals surface area contributed by atoms with Crippen molar-refractivity contribution in [3.8, 4) is 0 Å². The Morgan fingerprint density at radius 1 is 1.47 bits per heavy atom. The highest BCUT2D eigenvalue weighted by molar-refractivity contribution is 9.10. The monoisotopic (exact) mass is 329 g/mol. The van der Waals surface area contributed by atoms with Gasteiger partial charge in [0.15, 0.2) is 0 Å². The van der Waals surface area contributed by atoms with Crippen LogP contribution in [0.25, 0.3) is 0 Å². The van der Waals surface area contributed by atoms with Gasteiger partial charge in [0.2, 0.25) is 0 Å². The molecule has 1 N–H and O–H groups in total. The van der Waals surface area contributed by atoms with Gasteiger partial charge in [-0.15, -0.1) is 0 Å². The molecule has 2 nitrogen and oxygen atoms in total. The van der Waals surface area contributed by atoms with Crippen molar-refractivity contribution < 1.29 is 4.79 Å². The van der Waals surface area contributed by atoms with Gasteiger partial charge in [0.1, 0.15) is 0 Å². The van der Waals surface area contributed by atoms with Crippen LogP contribution < -0.4 is 5.32 Å². The van der Waals surface area contributed by atoms with Crippen molar-refractivity contribution in [1.29, 1.82) is 0 Å². The van der Waals surface area contributed by atoms with Gasteiger partial charge in [-0.1, -0.05) is 27.5 Å². The van der Waals surface area contributed by atoms with Crippen molar-refractivity contribution in [2.45, 2.75) is 6.92 Å². The molecule has 1 amide bonds. The Kier molecular flexibility index (Phi) is 3.86. The number of hydrogen-bond acceptors (Lipinski definition) is 2. The summed E-state index contributed by atoms with van der Waals surface area (Å²) in [6.45, 7) is 1.90. The normalized spacial score (nSPS) is 10.3. The van der Waals surface area contributed by atoms with Crippen LogP contribution in [0.2, 0.25) is 5.02 Å². The standard InChI is InChI=1S/C12H9BrClNOS/c1-7-4-9(13)5-10(14)11(7)15-12(16)8-2-3-17-6-8/h2-6H,1H3,(H,15,16). The third kappa shape index (κ3) is 2.89. The second kappa shape index (κ2) is 5.21. The topological polar surface area (TPSA) is 29.1 Å². The predicted octanol–water partition coefficient (Wildman–Crippen LogP) is 4.72. The van der Waals surface area contributed by atoms with Gasteiger partial charge in [0.25, 0.3) is 5.91 Å². The smallest absolute Gasteiger partial charge is 0.256 e. The minimum Gasteiger partial charge on any atom is -0.320 e. The summed E-state index contributed by atoms with van der Waals surface area (Å²) in [7, 11) is 0. The third-order valence-electron chi connectivity index (χ3n) is 2.27. The first-order valence-corrected chi connectivity index (χ1v) is 6.98. The Labute approximate surface area is 117 Å². The van der Waals surface area contributed by atoms with Gasteiger partial charge in [-0.2, -0.15) is 11.3 Å². The molecule has 0 saturated carbocycles. The largest absolute Gasteiger partial charge is 0.320 e. The zero-order chi connectivity index (χ0) is 12.4. The Hall–Kier alpha value is -0.840. The first kappa shape index (κ1) is 12.6. The van der Waals surface area contributed by atoms with Crippen LogP contribution in [0.15, 0.2) is 33.4 Å². The number of benzene rings is 1. The van der Waals surface area contributed by atoms with Gasteiger partial charge < -0.3 is 5.32 Å². The second-order valence-electron chi connectivity index (χ2n) is 3.55. The van der Waals surface area contributed by atoms with Crippen molar-refractivity contribution in [3.63, 3.8) is 0 Å². The van der Waals surface area contributed by atoms with E-state index in [-0.39, 0.29) is 5.91 Å². The van der Waals surface area contributed by atoms with Gasteiger partial charge >= 0.3 is 0 Å².